The molecule has 0 fully saturated rings. The molecular weight excluding hydrogens is 400 g/mol. The Morgan fingerprint density at radius 3 is 2.33 bits per heavy atom. The van der Waals surface area contributed by atoms with E-state index >= 15 is 0 Å². The number of amidine groups is 1. The maximum Gasteiger partial charge on any atom is 0.137 e. The Balaban J connectivity index is 1.92. The van der Waals surface area contributed by atoms with Crippen LogP contribution in [0.1, 0.15) is 29.2 Å². The normalized spacial score (nSPS) is 16.0. The summed E-state index contributed by atoms with van der Waals surface area (Å²) in [6.45, 7) is 0.890. The van der Waals surface area contributed by atoms with Gasteiger partial charge >= 0.3 is 0 Å². The van der Waals surface area contributed by atoms with E-state index in [1.807, 2.05) is 30.3 Å². The molecular formula is C23H21BrN2O. The molecule has 1 atom stereocenters. The van der Waals surface area contributed by atoms with Crippen LogP contribution in [0.4, 0.5) is 5.69 Å². The number of aliphatic hydroxyl groups is 1. The van der Waals surface area contributed by atoms with Gasteiger partial charge in [-0.1, -0.05) is 76.6 Å². The highest BCUT2D eigenvalue weighted by Gasteiger charge is 2.31. The van der Waals surface area contributed by atoms with Gasteiger partial charge in [-0.15, -0.1) is 0 Å². The third-order valence-electron chi connectivity index (χ3n) is 4.80. The van der Waals surface area contributed by atoms with E-state index in [1.165, 1.54) is 11.1 Å². The first-order chi connectivity index (χ1) is 13.3. The summed E-state index contributed by atoms with van der Waals surface area (Å²) in [5, 5.41) is 9.48. The van der Waals surface area contributed by atoms with Crippen molar-refractivity contribution in [3.63, 3.8) is 0 Å². The molecule has 0 spiro atoms. The number of rotatable bonds is 5. The summed E-state index contributed by atoms with van der Waals surface area (Å²) in [4.78, 5) is 7.32. The maximum atomic E-state index is 9.48. The summed E-state index contributed by atoms with van der Waals surface area (Å²) >= 11 is 3.62. The van der Waals surface area contributed by atoms with Gasteiger partial charge < -0.3 is 10.0 Å². The molecule has 0 saturated heterocycles. The first-order valence-electron chi connectivity index (χ1n) is 9.14. The molecule has 0 radical (unpaired) electrons. The lowest BCUT2D eigenvalue weighted by Gasteiger charge is -2.39. The van der Waals surface area contributed by atoms with Crippen molar-refractivity contribution in [1.29, 1.82) is 0 Å². The van der Waals surface area contributed by atoms with Gasteiger partial charge in [-0.3, -0.25) is 0 Å². The van der Waals surface area contributed by atoms with Crippen LogP contribution in [0.2, 0.25) is 0 Å². The monoisotopic (exact) mass is 420 g/mol. The Labute approximate surface area is 168 Å². The average molecular weight is 421 g/mol. The summed E-state index contributed by atoms with van der Waals surface area (Å²) in [5.41, 5.74) is 4.47. The van der Waals surface area contributed by atoms with E-state index in [4.69, 9.17) is 4.99 Å². The van der Waals surface area contributed by atoms with E-state index in [1.54, 1.807) is 0 Å². The van der Waals surface area contributed by atoms with Gasteiger partial charge in [0.25, 0.3) is 0 Å². The number of hydrogen-bond acceptors (Lipinski definition) is 3. The van der Waals surface area contributed by atoms with Gasteiger partial charge in [-0.25, -0.2) is 4.99 Å². The van der Waals surface area contributed by atoms with Crippen molar-refractivity contribution < 1.29 is 5.11 Å². The van der Waals surface area contributed by atoms with Crippen molar-refractivity contribution in [3.05, 3.63) is 100 Å². The third-order valence-corrected chi connectivity index (χ3v) is 5.29. The molecule has 1 heterocycles. The lowest BCUT2D eigenvalue weighted by molar-refractivity contribution is 0.254. The van der Waals surface area contributed by atoms with Crippen molar-refractivity contribution in [3.8, 4) is 0 Å². The van der Waals surface area contributed by atoms with E-state index in [0.29, 0.717) is 6.42 Å². The zero-order valence-electron chi connectivity index (χ0n) is 14.9. The van der Waals surface area contributed by atoms with E-state index in [2.05, 4.69) is 69.4 Å². The van der Waals surface area contributed by atoms with Crippen molar-refractivity contribution in [2.45, 2.75) is 12.5 Å². The highest BCUT2D eigenvalue weighted by Crippen LogP contribution is 2.41. The minimum Gasteiger partial charge on any atom is -0.396 e. The summed E-state index contributed by atoms with van der Waals surface area (Å²) in [7, 11) is 0. The molecule has 0 aromatic heterocycles. The van der Waals surface area contributed by atoms with E-state index in [-0.39, 0.29) is 12.6 Å². The van der Waals surface area contributed by atoms with Gasteiger partial charge in [0.2, 0.25) is 0 Å². The largest absolute Gasteiger partial charge is 0.396 e. The summed E-state index contributed by atoms with van der Waals surface area (Å²) in [6.07, 6.45) is 0.693. The lowest BCUT2D eigenvalue weighted by Crippen LogP contribution is -2.39. The summed E-state index contributed by atoms with van der Waals surface area (Å²) in [5.74, 6) is 0.952. The van der Waals surface area contributed by atoms with Crippen LogP contribution in [0.5, 0.6) is 0 Å². The molecule has 4 heteroatoms. The van der Waals surface area contributed by atoms with Crippen molar-refractivity contribution in [2.24, 2.45) is 4.99 Å². The summed E-state index contributed by atoms with van der Waals surface area (Å²) in [6, 6.07) is 27.1. The fourth-order valence-electron chi connectivity index (χ4n) is 3.60. The van der Waals surface area contributed by atoms with Crippen LogP contribution >= 0.6 is 15.9 Å². The standard InChI is InChI=1S/C23H21BrN2O/c24-19-12-13-21-20(16-19)22(17-8-3-1-4-9-17)26(14-7-15-27)23(25-21)18-10-5-2-6-11-18/h1-6,8-13,16,22,27H,7,14-15H2. The summed E-state index contributed by atoms with van der Waals surface area (Å²) < 4.78 is 1.04. The first-order valence-corrected chi connectivity index (χ1v) is 9.93. The Kier molecular flexibility index (Phi) is 5.37. The quantitative estimate of drug-likeness (QED) is 0.606. The molecule has 0 saturated carbocycles. The van der Waals surface area contributed by atoms with Gasteiger partial charge in [0.05, 0.1) is 11.7 Å². The zero-order valence-corrected chi connectivity index (χ0v) is 16.5. The van der Waals surface area contributed by atoms with Crippen LogP contribution in [-0.4, -0.2) is 29.0 Å². The van der Waals surface area contributed by atoms with Gasteiger partial charge in [-0.2, -0.15) is 0 Å². The number of fused-ring (bicyclic) bond motifs is 1. The molecule has 3 aromatic rings. The molecule has 1 unspecified atom stereocenters. The number of nitrogens with zero attached hydrogens (tertiary/aromatic N) is 2. The van der Waals surface area contributed by atoms with Gasteiger partial charge in [0.15, 0.2) is 0 Å². The van der Waals surface area contributed by atoms with Crippen LogP contribution in [0, 0.1) is 0 Å². The fraction of sp³-hybridized carbons (Fsp3) is 0.174. The smallest absolute Gasteiger partial charge is 0.137 e. The number of halogens is 1. The Morgan fingerprint density at radius 1 is 0.926 bits per heavy atom. The number of benzene rings is 3. The van der Waals surface area contributed by atoms with Gasteiger partial charge in [0, 0.05) is 28.8 Å². The minimum atomic E-state index is 0.0537. The lowest BCUT2D eigenvalue weighted by atomic mass is 9.92. The molecule has 4 rings (SSSR count). The highest BCUT2D eigenvalue weighted by molar-refractivity contribution is 9.10. The minimum absolute atomic E-state index is 0.0537. The van der Waals surface area contributed by atoms with Crippen LogP contribution < -0.4 is 0 Å². The van der Waals surface area contributed by atoms with E-state index < -0.39 is 0 Å². The molecule has 1 N–H and O–H groups in total. The Morgan fingerprint density at radius 2 is 1.63 bits per heavy atom. The highest BCUT2D eigenvalue weighted by atomic mass is 79.9. The molecule has 3 nitrogen and oxygen atoms in total. The third kappa shape index (κ3) is 3.68. The Hall–Kier alpha value is -2.43. The molecule has 0 bridgehead atoms. The second kappa shape index (κ2) is 8.07. The average Bonchev–Trinajstić information content (AvgIpc) is 2.72. The molecule has 0 aliphatic carbocycles. The second-order valence-corrected chi connectivity index (χ2v) is 7.50. The number of hydrogen-bond donors (Lipinski definition) is 1. The molecule has 3 aromatic carbocycles. The maximum absolute atomic E-state index is 9.48. The van der Waals surface area contributed by atoms with E-state index in [9.17, 15) is 5.11 Å². The van der Waals surface area contributed by atoms with Crippen LogP contribution in [0.15, 0.2) is 88.3 Å². The van der Waals surface area contributed by atoms with E-state index in [0.717, 1.165) is 28.1 Å². The molecule has 27 heavy (non-hydrogen) atoms. The van der Waals surface area contributed by atoms with Crippen molar-refractivity contribution in [1.82, 2.24) is 4.90 Å². The zero-order chi connectivity index (χ0) is 18.6. The molecule has 1 aliphatic heterocycles. The predicted octanol–water partition coefficient (Wildman–Crippen LogP) is 5.31. The fourth-order valence-corrected chi connectivity index (χ4v) is 3.98. The van der Waals surface area contributed by atoms with Crippen LogP contribution in [0.25, 0.3) is 0 Å². The predicted molar refractivity (Wildman–Crippen MR) is 113 cm³/mol. The topological polar surface area (TPSA) is 35.8 Å². The van der Waals surface area contributed by atoms with Crippen molar-refractivity contribution >= 4 is 27.5 Å². The second-order valence-electron chi connectivity index (χ2n) is 6.59. The van der Waals surface area contributed by atoms with Crippen LogP contribution in [-0.2, 0) is 0 Å². The molecule has 136 valence electrons. The van der Waals surface area contributed by atoms with Crippen LogP contribution in [0.3, 0.4) is 0 Å². The van der Waals surface area contributed by atoms with Crippen molar-refractivity contribution in [2.75, 3.05) is 13.2 Å². The van der Waals surface area contributed by atoms with Gasteiger partial charge in [0.1, 0.15) is 5.84 Å². The SMILES string of the molecule is OCCCN1C(c2ccccc2)=Nc2ccc(Br)cc2C1c1ccccc1. The first kappa shape index (κ1) is 18.0. The molecule has 0 amide bonds. The number of aliphatic hydroxyl groups excluding tert-OH is 1. The Bertz CT molecular complexity index is 941. The molecule has 1 aliphatic rings. The number of aliphatic imine (C=N–C) groups is 1. The van der Waals surface area contributed by atoms with Gasteiger partial charge in [-0.05, 0) is 30.2 Å².